The number of hydrogen-bond donors (Lipinski definition) is 2. The molecule has 1 aromatic rings. The molecule has 0 aliphatic carbocycles. The maximum atomic E-state index is 9.69. The third-order valence-electron chi connectivity index (χ3n) is 5.23. The van der Waals surface area contributed by atoms with Crippen LogP contribution in [-0.2, 0) is 11.8 Å². The summed E-state index contributed by atoms with van der Waals surface area (Å²) in [6.45, 7) is 5.05. The van der Waals surface area contributed by atoms with Crippen molar-refractivity contribution in [2.45, 2.75) is 31.6 Å². The normalized spacial score (nSPS) is 33.7. The van der Waals surface area contributed by atoms with Crippen LogP contribution < -0.4 is 11.1 Å². The molecule has 1 aromatic heterocycles. The van der Waals surface area contributed by atoms with Crippen LogP contribution in [0.15, 0.2) is 15.8 Å². The van der Waals surface area contributed by atoms with Gasteiger partial charge in [-0.3, -0.25) is 0 Å². The van der Waals surface area contributed by atoms with Crippen LogP contribution in [0.4, 0.5) is 5.88 Å². The molecule has 1 spiro atoms. The van der Waals surface area contributed by atoms with Crippen LogP contribution in [0, 0.1) is 17.2 Å². The standard InChI is InChI=1S/C15H19N5O/c1-2-11-18-12-14(21-11)19-13(17)10(7-16)15(12)8-20-5-3-9(15)4-6-20/h9,19H,2-6,8,17H2,1H3. The molecule has 4 aliphatic rings. The third-order valence-corrected chi connectivity index (χ3v) is 5.23. The van der Waals surface area contributed by atoms with Crippen molar-refractivity contribution in [1.82, 2.24) is 9.88 Å². The Morgan fingerprint density at radius 1 is 1.52 bits per heavy atom. The number of nitrogens with two attached hydrogens (primary N) is 1. The molecule has 1 unspecified atom stereocenters. The van der Waals surface area contributed by atoms with Gasteiger partial charge in [-0.1, -0.05) is 6.92 Å². The van der Waals surface area contributed by atoms with Gasteiger partial charge in [0.2, 0.25) is 5.88 Å². The Bertz CT molecular complexity index is 662. The lowest BCUT2D eigenvalue weighted by Crippen LogP contribution is -2.59. The zero-order valence-corrected chi connectivity index (χ0v) is 12.1. The zero-order chi connectivity index (χ0) is 14.6. The van der Waals surface area contributed by atoms with E-state index in [9.17, 15) is 5.26 Å². The SMILES string of the molecule is CCc1nc2c(o1)NC(N)=C(C#N)C21CN2CCC1CC2. The molecule has 3 N–H and O–H groups in total. The second kappa shape index (κ2) is 4.25. The molecule has 4 aliphatic heterocycles. The Labute approximate surface area is 123 Å². The van der Waals surface area contributed by atoms with E-state index >= 15 is 0 Å². The lowest BCUT2D eigenvalue weighted by molar-refractivity contribution is 0.0422. The van der Waals surface area contributed by atoms with E-state index in [1.807, 2.05) is 6.92 Å². The van der Waals surface area contributed by atoms with Gasteiger partial charge in [0.05, 0.1) is 17.1 Å². The highest BCUT2D eigenvalue weighted by Crippen LogP contribution is 2.53. The monoisotopic (exact) mass is 285 g/mol. The predicted octanol–water partition coefficient (Wildman–Crippen LogP) is 1.32. The van der Waals surface area contributed by atoms with E-state index in [1.54, 1.807) is 0 Å². The number of aromatic nitrogens is 1. The molecule has 0 amide bonds. The summed E-state index contributed by atoms with van der Waals surface area (Å²) in [4.78, 5) is 7.12. The molecule has 6 nitrogen and oxygen atoms in total. The van der Waals surface area contributed by atoms with Gasteiger partial charge in [-0.15, -0.1) is 0 Å². The van der Waals surface area contributed by atoms with Gasteiger partial charge in [-0.2, -0.15) is 5.26 Å². The topological polar surface area (TPSA) is 91.1 Å². The minimum absolute atomic E-state index is 0.382. The van der Waals surface area contributed by atoms with Crippen LogP contribution in [0.5, 0.6) is 0 Å². The maximum Gasteiger partial charge on any atom is 0.223 e. The van der Waals surface area contributed by atoms with Crippen molar-refractivity contribution in [2.75, 3.05) is 25.0 Å². The Kier molecular flexibility index (Phi) is 2.57. The molecule has 21 heavy (non-hydrogen) atoms. The minimum Gasteiger partial charge on any atom is -0.425 e. The highest BCUT2D eigenvalue weighted by Gasteiger charge is 2.56. The lowest BCUT2D eigenvalue weighted by atomic mass is 9.60. The second-order valence-electron chi connectivity index (χ2n) is 6.19. The number of oxazole rings is 1. The van der Waals surface area contributed by atoms with Crippen LogP contribution in [0.1, 0.15) is 31.4 Å². The smallest absolute Gasteiger partial charge is 0.223 e. The minimum atomic E-state index is -0.382. The van der Waals surface area contributed by atoms with E-state index < -0.39 is 0 Å². The van der Waals surface area contributed by atoms with Crippen LogP contribution >= 0.6 is 0 Å². The summed E-state index contributed by atoms with van der Waals surface area (Å²) in [5, 5.41) is 12.7. The average molecular weight is 285 g/mol. The van der Waals surface area contributed by atoms with E-state index in [-0.39, 0.29) is 5.41 Å². The molecule has 110 valence electrons. The predicted molar refractivity (Wildman–Crippen MR) is 77.2 cm³/mol. The van der Waals surface area contributed by atoms with Gasteiger partial charge in [0.15, 0.2) is 5.89 Å². The van der Waals surface area contributed by atoms with Gasteiger partial charge in [0.1, 0.15) is 11.5 Å². The largest absolute Gasteiger partial charge is 0.425 e. The summed E-state index contributed by atoms with van der Waals surface area (Å²) in [7, 11) is 0. The van der Waals surface area contributed by atoms with Gasteiger partial charge in [-0.25, -0.2) is 4.98 Å². The first-order chi connectivity index (χ1) is 10.2. The molecule has 0 radical (unpaired) electrons. The zero-order valence-electron chi connectivity index (χ0n) is 12.1. The summed E-state index contributed by atoms with van der Waals surface area (Å²) in [6, 6.07) is 2.35. The molecule has 3 fully saturated rings. The van der Waals surface area contributed by atoms with Gasteiger partial charge in [0.25, 0.3) is 0 Å². The molecule has 0 aromatic carbocycles. The molecule has 6 heteroatoms. The van der Waals surface area contributed by atoms with Crippen molar-refractivity contribution >= 4 is 5.88 Å². The Balaban J connectivity index is 1.94. The van der Waals surface area contributed by atoms with E-state index in [4.69, 9.17) is 15.1 Å². The fourth-order valence-electron chi connectivity index (χ4n) is 4.22. The number of anilines is 1. The van der Waals surface area contributed by atoms with Crippen molar-refractivity contribution in [2.24, 2.45) is 11.7 Å². The first-order valence-electron chi connectivity index (χ1n) is 7.59. The summed E-state index contributed by atoms with van der Waals surface area (Å²) in [5.74, 6) is 2.19. The maximum absolute atomic E-state index is 9.69. The molecule has 1 atom stereocenters. The molecule has 3 saturated heterocycles. The molecule has 2 bridgehead atoms. The summed E-state index contributed by atoms with van der Waals surface area (Å²) >= 11 is 0. The highest BCUT2D eigenvalue weighted by atomic mass is 16.4. The average Bonchev–Trinajstić information content (AvgIpc) is 2.92. The fourth-order valence-corrected chi connectivity index (χ4v) is 4.22. The molecule has 0 saturated carbocycles. The van der Waals surface area contributed by atoms with Crippen molar-refractivity contribution in [1.29, 1.82) is 5.26 Å². The van der Waals surface area contributed by atoms with Gasteiger partial charge in [-0.05, 0) is 31.8 Å². The van der Waals surface area contributed by atoms with Crippen LogP contribution in [0.3, 0.4) is 0 Å². The highest BCUT2D eigenvalue weighted by molar-refractivity contribution is 5.62. The van der Waals surface area contributed by atoms with Crippen LogP contribution in [-0.4, -0.2) is 29.5 Å². The number of nitrogens with one attached hydrogen (secondary N) is 1. The summed E-state index contributed by atoms with van der Waals surface area (Å²) < 4.78 is 5.79. The summed E-state index contributed by atoms with van der Waals surface area (Å²) in [5.41, 5.74) is 7.28. The number of hydrogen-bond acceptors (Lipinski definition) is 6. The second-order valence-corrected chi connectivity index (χ2v) is 6.19. The quantitative estimate of drug-likeness (QED) is 0.808. The molecular weight excluding hydrogens is 266 g/mol. The number of nitriles is 1. The van der Waals surface area contributed by atoms with Crippen molar-refractivity contribution in [3.8, 4) is 6.07 Å². The van der Waals surface area contributed by atoms with Crippen molar-refractivity contribution in [3.63, 3.8) is 0 Å². The lowest BCUT2D eigenvalue weighted by Gasteiger charge is -2.53. The fraction of sp³-hybridized carbons (Fsp3) is 0.600. The van der Waals surface area contributed by atoms with Gasteiger partial charge in [0, 0.05) is 13.0 Å². The van der Waals surface area contributed by atoms with Crippen molar-refractivity contribution < 1.29 is 4.42 Å². The van der Waals surface area contributed by atoms with Gasteiger partial charge < -0.3 is 20.4 Å². The number of aryl methyl sites for hydroxylation is 1. The Hall–Kier alpha value is -2.00. The first kappa shape index (κ1) is 12.7. The molecular formula is C15H19N5O. The number of nitrogens with zero attached hydrogens (tertiary/aromatic N) is 3. The summed E-state index contributed by atoms with van der Waals surface area (Å²) in [6.07, 6.45) is 2.92. The number of fused-ring (bicyclic) bond motifs is 3. The van der Waals surface area contributed by atoms with E-state index in [2.05, 4.69) is 16.3 Å². The Morgan fingerprint density at radius 2 is 2.29 bits per heavy atom. The van der Waals surface area contributed by atoms with E-state index in [0.717, 1.165) is 44.6 Å². The molecule has 5 rings (SSSR count). The van der Waals surface area contributed by atoms with Crippen LogP contribution in [0.2, 0.25) is 0 Å². The first-order valence-corrected chi connectivity index (χ1v) is 7.59. The van der Waals surface area contributed by atoms with Crippen LogP contribution in [0.25, 0.3) is 0 Å². The Morgan fingerprint density at radius 3 is 2.86 bits per heavy atom. The van der Waals surface area contributed by atoms with Gasteiger partial charge >= 0.3 is 0 Å². The number of piperidine rings is 3. The van der Waals surface area contributed by atoms with E-state index in [0.29, 0.717) is 29.1 Å². The van der Waals surface area contributed by atoms with E-state index in [1.165, 1.54) is 0 Å². The number of rotatable bonds is 1. The molecule has 5 heterocycles. The third kappa shape index (κ3) is 1.52. The van der Waals surface area contributed by atoms with Crippen molar-refractivity contribution in [3.05, 3.63) is 23.0 Å².